The van der Waals surface area contributed by atoms with Gasteiger partial charge < -0.3 is 14.2 Å². The molecule has 1 unspecified atom stereocenters. The van der Waals surface area contributed by atoms with E-state index < -0.39 is 12.0 Å². The molecule has 0 bridgehead atoms. The second kappa shape index (κ2) is 8.89. The normalized spacial score (nSPS) is 16.6. The van der Waals surface area contributed by atoms with Crippen LogP contribution in [0.15, 0.2) is 52.4 Å². The lowest BCUT2D eigenvalue weighted by molar-refractivity contribution is -0.133. The smallest absolute Gasteiger partial charge is 0.343 e. The van der Waals surface area contributed by atoms with Gasteiger partial charge in [-0.1, -0.05) is 24.6 Å². The number of methoxy groups -OCH3 is 2. The van der Waals surface area contributed by atoms with Crippen molar-refractivity contribution in [1.82, 2.24) is 0 Å². The topological polar surface area (TPSA) is 69.5 Å². The van der Waals surface area contributed by atoms with Crippen LogP contribution in [0.25, 0.3) is 0 Å². The van der Waals surface area contributed by atoms with E-state index in [9.17, 15) is 4.79 Å². The van der Waals surface area contributed by atoms with E-state index in [-0.39, 0.29) is 0 Å². The molecule has 0 amide bonds. The molecule has 146 valence electrons. The van der Waals surface area contributed by atoms with E-state index in [0.717, 1.165) is 5.56 Å². The van der Waals surface area contributed by atoms with E-state index in [2.05, 4.69) is 9.98 Å². The van der Waals surface area contributed by atoms with Gasteiger partial charge in [0.05, 0.1) is 20.8 Å². The van der Waals surface area contributed by atoms with Crippen molar-refractivity contribution < 1.29 is 19.0 Å². The fourth-order valence-corrected chi connectivity index (χ4v) is 2.97. The van der Waals surface area contributed by atoms with Crippen molar-refractivity contribution in [3.8, 4) is 11.5 Å². The summed E-state index contributed by atoms with van der Waals surface area (Å²) in [5.41, 5.74) is 2.32. The van der Waals surface area contributed by atoms with Gasteiger partial charge in [0.15, 0.2) is 17.5 Å². The molecule has 28 heavy (non-hydrogen) atoms. The number of ether oxygens (including phenoxy) is 3. The second-order valence-corrected chi connectivity index (χ2v) is 6.55. The van der Waals surface area contributed by atoms with Gasteiger partial charge in [0, 0.05) is 16.3 Å². The highest BCUT2D eigenvalue weighted by Crippen LogP contribution is 2.28. The van der Waals surface area contributed by atoms with Crippen LogP contribution in [0.3, 0.4) is 0 Å². The number of cyclic esters (lactones) is 1. The van der Waals surface area contributed by atoms with Gasteiger partial charge in [-0.25, -0.2) is 9.79 Å². The zero-order chi connectivity index (χ0) is 20.1. The predicted molar refractivity (Wildman–Crippen MR) is 109 cm³/mol. The van der Waals surface area contributed by atoms with Crippen molar-refractivity contribution in [2.75, 3.05) is 14.2 Å². The minimum absolute atomic E-state index is 0.291. The van der Waals surface area contributed by atoms with Gasteiger partial charge in [0.2, 0.25) is 5.90 Å². The van der Waals surface area contributed by atoms with Gasteiger partial charge in [0.1, 0.15) is 0 Å². The summed E-state index contributed by atoms with van der Waals surface area (Å²) in [6.07, 6.45) is 0.588. The third kappa shape index (κ3) is 4.34. The number of rotatable bonds is 7. The first-order chi connectivity index (χ1) is 13.5. The highest BCUT2D eigenvalue weighted by atomic mass is 35.5. The maximum Gasteiger partial charge on any atom is 0.343 e. The van der Waals surface area contributed by atoms with Gasteiger partial charge in [0.25, 0.3) is 0 Å². The number of aliphatic imine (C=N–C) groups is 2. The second-order valence-electron chi connectivity index (χ2n) is 6.12. The first kappa shape index (κ1) is 19.9. The predicted octanol–water partition coefficient (Wildman–Crippen LogP) is 4.08. The van der Waals surface area contributed by atoms with E-state index in [4.69, 9.17) is 25.8 Å². The van der Waals surface area contributed by atoms with Crippen molar-refractivity contribution in [1.29, 1.82) is 0 Å². The maximum absolute atomic E-state index is 12.3. The molecule has 2 aromatic rings. The summed E-state index contributed by atoms with van der Waals surface area (Å²) in [5.74, 6) is 1.16. The zero-order valence-corrected chi connectivity index (χ0v) is 16.7. The molecular formula is C21H21ClN2O4. The van der Waals surface area contributed by atoms with Gasteiger partial charge >= 0.3 is 5.97 Å². The first-order valence-electron chi connectivity index (χ1n) is 8.85. The van der Waals surface area contributed by atoms with E-state index in [0.29, 0.717) is 46.7 Å². The number of hydrogen-bond acceptors (Lipinski definition) is 6. The van der Waals surface area contributed by atoms with Crippen LogP contribution < -0.4 is 9.47 Å². The Hall–Kier alpha value is -2.86. The number of benzene rings is 2. The molecule has 1 aliphatic heterocycles. The molecule has 0 fully saturated rings. The molecule has 0 saturated heterocycles. The number of hydrogen-bond donors (Lipinski definition) is 0. The first-order valence-corrected chi connectivity index (χ1v) is 9.23. The molecular weight excluding hydrogens is 380 g/mol. The molecule has 0 spiro atoms. The summed E-state index contributed by atoms with van der Waals surface area (Å²) in [4.78, 5) is 21.4. The number of carbonyl (C=O) groups is 1. The summed E-state index contributed by atoms with van der Waals surface area (Å²) in [6.45, 7) is 2.34. The number of esters is 1. The molecule has 0 N–H and O–H groups in total. The van der Waals surface area contributed by atoms with Gasteiger partial charge in [-0.3, -0.25) is 4.99 Å². The third-order valence-electron chi connectivity index (χ3n) is 4.35. The van der Waals surface area contributed by atoms with Crippen LogP contribution in [0, 0.1) is 0 Å². The van der Waals surface area contributed by atoms with Crippen molar-refractivity contribution in [3.63, 3.8) is 0 Å². The van der Waals surface area contributed by atoms with Crippen LogP contribution in [-0.4, -0.2) is 37.8 Å². The lowest BCUT2D eigenvalue weighted by Gasteiger charge is -2.10. The van der Waals surface area contributed by atoms with Gasteiger partial charge in [-0.15, -0.1) is 0 Å². The third-order valence-corrected chi connectivity index (χ3v) is 4.60. The minimum atomic E-state index is -0.726. The van der Waals surface area contributed by atoms with E-state index >= 15 is 0 Å². The van der Waals surface area contributed by atoms with Crippen molar-refractivity contribution >= 4 is 29.2 Å². The Balaban J connectivity index is 1.80. The van der Waals surface area contributed by atoms with Crippen LogP contribution in [-0.2, 0) is 16.1 Å². The Labute approximate surface area is 168 Å². The Morgan fingerprint density at radius 2 is 1.86 bits per heavy atom. The number of carbonyl (C=O) groups excluding carboxylic acids is 1. The van der Waals surface area contributed by atoms with Crippen LogP contribution in [0.2, 0.25) is 5.02 Å². The molecule has 0 radical (unpaired) electrons. The molecule has 3 rings (SSSR count). The lowest BCUT2D eigenvalue weighted by Crippen LogP contribution is -2.25. The van der Waals surface area contributed by atoms with Crippen LogP contribution in [0.4, 0.5) is 0 Å². The fourth-order valence-electron chi connectivity index (χ4n) is 2.85. The molecule has 6 nitrogen and oxygen atoms in total. The molecule has 2 aromatic carbocycles. The van der Waals surface area contributed by atoms with Crippen molar-refractivity contribution in [2.45, 2.75) is 25.9 Å². The van der Waals surface area contributed by atoms with E-state index in [1.54, 1.807) is 38.5 Å². The molecule has 0 aromatic heterocycles. The van der Waals surface area contributed by atoms with Crippen molar-refractivity contribution in [3.05, 3.63) is 58.6 Å². The number of halogens is 1. The number of nitrogens with zero attached hydrogens (tertiary/aromatic N) is 2. The SMILES string of the molecule is CCC(=NCc1ccc(OC)c(OC)c1)C1N=C(c2ccc(Cl)cc2)OC1=O. The highest BCUT2D eigenvalue weighted by Gasteiger charge is 2.33. The molecule has 0 saturated carbocycles. The molecule has 1 atom stereocenters. The maximum atomic E-state index is 12.3. The van der Waals surface area contributed by atoms with Gasteiger partial charge in [-0.2, -0.15) is 0 Å². The highest BCUT2D eigenvalue weighted by molar-refractivity contribution is 6.30. The Morgan fingerprint density at radius 3 is 2.50 bits per heavy atom. The fraction of sp³-hybridized carbons (Fsp3) is 0.286. The lowest BCUT2D eigenvalue weighted by atomic mass is 10.1. The quantitative estimate of drug-likeness (QED) is 0.518. The Morgan fingerprint density at radius 1 is 1.14 bits per heavy atom. The minimum Gasteiger partial charge on any atom is -0.493 e. The molecule has 7 heteroatoms. The van der Waals surface area contributed by atoms with Gasteiger partial charge in [-0.05, 0) is 48.4 Å². The summed E-state index contributed by atoms with van der Waals surface area (Å²) in [6, 6.07) is 11.9. The monoisotopic (exact) mass is 400 g/mol. The largest absolute Gasteiger partial charge is 0.493 e. The molecule has 0 aliphatic carbocycles. The summed E-state index contributed by atoms with van der Waals surface area (Å²) in [7, 11) is 3.18. The standard InChI is InChI=1S/C21H21ClN2O4/c1-4-16(23-12-13-5-10-17(26-2)18(11-13)27-3)19-21(25)28-20(24-19)14-6-8-15(22)9-7-14/h5-11,19H,4,12H2,1-3H3. The average molecular weight is 401 g/mol. The summed E-state index contributed by atoms with van der Waals surface area (Å²) in [5, 5.41) is 0.607. The van der Waals surface area contributed by atoms with Crippen LogP contribution >= 0.6 is 11.6 Å². The Bertz CT molecular complexity index is 923. The van der Waals surface area contributed by atoms with Crippen LogP contribution in [0.5, 0.6) is 11.5 Å². The van der Waals surface area contributed by atoms with Crippen molar-refractivity contribution in [2.24, 2.45) is 9.98 Å². The van der Waals surface area contributed by atoms with E-state index in [1.807, 2.05) is 25.1 Å². The van der Waals surface area contributed by atoms with E-state index in [1.165, 1.54) is 0 Å². The van der Waals surface area contributed by atoms with Crippen LogP contribution in [0.1, 0.15) is 24.5 Å². The Kier molecular flexibility index (Phi) is 6.31. The summed E-state index contributed by atoms with van der Waals surface area (Å²) < 4.78 is 15.9. The summed E-state index contributed by atoms with van der Waals surface area (Å²) >= 11 is 5.91. The molecule has 1 aliphatic rings. The average Bonchev–Trinajstić information content (AvgIpc) is 3.10. The zero-order valence-electron chi connectivity index (χ0n) is 15.9. The molecule has 1 heterocycles.